The number of hydrogen-bond acceptors (Lipinski definition) is 7. The van der Waals surface area contributed by atoms with E-state index in [9.17, 15) is 4.79 Å². The van der Waals surface area contributed by atoms with Crippen LogP contribution >= 0.6 is 39.1 Å². The van der Waals surface area contributed by atoms with Gasteiger partial charge >= 0.3 is 0 Å². The van der Waals surface area contributed by atoms with E-state index in [4.69, 9.17) is 26.1 Å². The molecule has 0 aliphatic carbocycles. The summed E-state index contributed by atoms with van der Waals surface area (Å²) in [5.41, 5.74) is 4.75. The second-order valence-corrected chi connectivity index (χ2v) is 11.9. The predicted octanol–water partition coefficient (Wildman–Crippen LogP) is 5.40. The van der Waals surface area contributed by atoms with Gasteiger partial charge in [-0.3, -0.25) is 9.79 Å². The molecule has 0 radical (unpaired) electrons. The number of Topliss-reactive ketones (excluding diaryl/α,β-unsaturated/α-hetero) is 1. The Bertz CT molecular complexity index is 1530. The standard InChI is InChI=1S/C29H30BrClN5O3S/c1-18-19(2)40-36-28(18)27(22-6-8-23(31)9-7-22)32-26(29-34-33-20(3)35(29)36)17-24(37)16-21-4-10-25(11-5-21)39-15-14-38-13-12-30/h4-11,26H,12-17H2,1-3H3/q+1/t26-/m0/s1. The number of carbonyl (C=O) groups is 1. The number of aliphatic imine (C=N–C) groups is 1. The van der Waals surface area contributed by atoms with Crippen LogP contribution in [0.5, 0.6) is 5.75 Å². The van der Waals surface area contributed by atoms with Crippen LogP contribution < -0.4 is 8.80 Å². The molecule has 2 aromatic heterocycles. The van der Waals surface area contributed by atoms with E-state index in [0.717, 1.165) is 45.0 Å². The number of hydrogen-bond donors (Lipinski definition) is 0. The fourth-order valence-electron chi connectivity index (χ4n) is 4.59. The van der Waals surface area contributed by atoms with Crippen molar-refractivity contribution in [3.05, 3.63) is 92.5 Å². The second kappa shape index (κ2) is 12.7. The van der Waals surface area contributed by atoms with Gasteiger partial charge in [-0.2, -0.15) is 0 Å². The van der Waals surface area contributed by atoms with E-state index >= 15 is 0 Å². The molecule has 5 rings (SSSR count). The average Bonchev–Trinajstić information content (AvgIpc) is 3.42. The molecule has 0 saturated carbocycles. The van der Waals surface area contributed by atoms with Crippen molar-refractivity contribution in [3.63, 3.8) is 0 Å². The van der Waals surface area contributed by atoms with E-state index in [0.29, 0.717) is 30.7 Å². The Kier molecular flexibility index (Phi) is 9.10. The minimum absolute atomic E-state index is 0.0661. The number of ether oxygens (including phenoxy) is 2. The molecule has 11 heteroatoms. The number of aryl methyl sites for hydroxylation is 2. The fourth-order valence-corrected chi connectivity index (χ4v) is 6.04. The van der Waals surface area contributed by atoms with Crippen LogP contribution in [0, 0.1) is 20.8 Å². The van der Waals surface area contributed by atoms with Gasteiger partial charge in [0.25, 0.3) is 5.69 Å². The zero-order valence-electron chi connectivity index (χ0n) is 22.6. The first-order valence-corrected chi connectivity index (χ1v) is 15.3. The van der Waals surface area contributed by atoms with Crippen LogP contribution in [0.2, 0.25) is 5.02 Å². The van der Waals surface area contributed by atoms with Crippen molar-refractivity contribution in [2.24, 2.45) is 4.99 Å². The van der Waals surface area contributed by atoms with Gasteiger partial charge in [-0.25, -0.2) is 0 Å². The summed E-state index contributed by atoms with van der Waals surface area (Å²) in [5, 5.41) is 10.3. The predicted molar refractivity (Wildman–Crippen MR) is 159 cm³/mol. The molecule has 208 valence electrons. The minimum atomic E-state index is -0.492. The summed E-state index contributed by atoms with van der Waals surface area (Å²) in [5.74, 6) is 2.20. The number of ketones is 1. The second-order valence-electron chi connectivity index (χ2n) is 9.52. The third-order valence-electron chi connectivity index (χ3n) is 6.69. The number of halogens is 2. The molecule has 4 aromatic rings. The topological polar surface area (TPSA) is 82.5 Å². The molecular weight excluding hydrogens is 614 g/mol. The average molecular weight is 644 g/mol. The number of nitrogens with zero attached hydrogens (tertiary/aromatic N) is 5. The van der Waals surface area contributed by atoms with Crippen LogP contribution in [0.15, 0.2) is 53.5 Å². The van der Waals surface area contributed by atoms with E-state index in [2.05, 4.69) is 44.0 Å². The molecule has 0 spiro atoms. The summed E-state index contributed by atoms with van der Waals surface area (Å²) in [7, 11) is 0. The summed E-state index contributed by atoms with van der Waals surface area (Å²) in [6, 6.07) is 14.8. The molecule has 0 unspecified atom stereocenters. The fraction of sp³-hybridized carbons (Fsp3) is 0.345. The van der Waals surface area contributed by atoms with Crippen LogP contribution in [0.3, 0.4) is 0 Å². The molecule has 0 fully saturated rings. The first-order chi connectivity index (χ1) is 19.4. The molecule has 40 heavy (non-hydrogen) atoms. The van der Waals surface area contributed by atoms with Crippen LogP contribution in [-0.2, 0) is 16.0 Å². The normalized spacial score (nSPS) is 14.3. The maximum Gasteiger partial charge on any atom is 0.281 e. The van der Waals surface area contributed by atoms with Crippen molar-refractivity contribution in [1.29, 1.82) is 0 Å². The first kappa shape index (κ1) is 28.6. The van der Waals surface area contributed by atoms with Gasteiger partial charge in [0, 0.05) is 45.3 Å². The van der Waals surface area contributed by atoms with Gasteiger partial charge in [0.2, 0.25) is 5.82 Å². The highest BCUT2D eigenvalue weighted by molar-refractivity contribution is 9.09. The Morgan fingerprint density at radius 1 is 1.05 bits per heavy atom. The maximum atomic E-state index is 13.4. The number of fused-ring (bicyclic) bond motifs is 3. The maximum absolute atomic E-state index is 13.4. The SMILES string of the molecule is Cc1s[n+]2c(c1C)C(c1ccc(Cl)cc1)=N[C@@H](CC(=O)Cc1ccc(OCCOCCBr)cc1)c1nnc(C)n1-2. The van der Waals surface area contributed by atoms with E-state index < -0.39 is 6.04 Å². The zero-order valence-corrected chi connectivity index (χ0v) is 25.7. The van der Waals surface area contributed by atoms with Crippen LogP contribution in [0.1, 0.15) is 51.4 Å². The lowest BCUT2D eigenvalue weighted by Crippen LogP contribution is -2.44. The number of aromatic nitrogens is 4. The Morgan fingerprint density at radius 3 is 2.52 bits per heavy atom. The Labute approximate surface area is 250 Å². The van der Waals surface area contributed by atoms with Crippen molar-refractivity contribution >= 4 is 50.6 Å². The minimum Gasteiger partial charge on any atom is -0.491 e. The van der Waals surface area contributed by atoms with E-state index in [1.807, 2.05) is 60.1 Å². The summed E-state index contributed by atoms with van der Waals surface area (Å²) < 4.78 is 15.2. The number of benzene rings is 2. The summed E-state index contributed by atoms with van der Waals surface area (Å²) in [6.45, 7) is 7.76. The molecular formula is C29H30BrClN5O3S+. The molecule has 0 saturated heterocycles. The highest BCUT2D eigenvalue weighted by atomic mass is 79.9. The van der Waals surface area contributed by atoms with Gasteiger partial charge in [-0.15, -0.1) is 10.2 Å². The lowest BCUT2D eigenvalue weighted by Gasteiger charge is -2.10. The third-order valence-corrected chi connectivity index (χ3v) is 8.36. The van der Waals surface area contributed by atoms with Crippen molar-refractivity contribution in [1.82, 2.24) is 14.9 Å². The Morgan fingerprint density at radius 2 is 1.80 bits per heavy atom. The quantitative estimate of drug-likeness (QED) is 0.124. The lowest BCUT2D eigenvalue weighted by molar-refractivity contribution is -0.665. The molecule has 1 atom stereocenters. The van der Waals surface area contributed by atoms with Gasteiger partial charge in [-0.1, -0.05) is 56.5 Å². The number of alkyl halides is 1. The van der Waals surface area contributed by atoms with E-state index in [1.165, 1.54) is 4.88 Å². The van der Waals surface area contributed by atoms with Crippen LogP contribution in [-0.4, -0.2) is 51.5 Å². The smallest absolute Gasteiger partial charge is 0.281 e. The van der Waals surface area contributed by atoms with Gasteiger partial charge in [0.15, 0.2) is 17.4 Å². The molecule has 0 N–H and O–H groups in total. The molecule has 1 aliphatic heterocycles. The van der Waals surface area contributed by atoms with Crippen molar-refractivity contribution in [3.8, 4) is 5.75 Å². The molecule has 2 aromatic carbocycles. The van der Waals surface area contributed by atoms with Gasteiger partial charge in [0.05, 0.1) is 18.1 Å². The van der Waals surface area contributed by atoms with Gasteiger partial charge in [-0.05, 0) is 43.7 Å². The van der Waals surface area contributed by atoms with Crippen LogP contribution in [0.4, 0.5) is 0 Å². The third kappa shape index (κ3) is 6.20. The highest BCUT2D eigenvalue weighted by Gasteiger charge is 2.38. The molecule has 0 amide bonds. The summed E-state index contributed by atoms with van der Waals surface area (Å²) in [6.07, 6.45) is 0.489. The molecule has 8 nitrogen and oxygen atoms in total. The van der Waals surface area contributed by atoms with Gasteiger partial charge < -0.3 is 9.47 Å². The monoisotopic (exact) mass is 642 g/mol. The molecule has 3 heterocycles. The number of rotatable bonds is 11. The van der Waals surface area contributed by atoms with Gasteiger partial charge in [0.1, 0.15) is 29.9 Å². The largest absolute Gasteiger partial charge is 0.491 e. The van der Waals surface area contributed by atoms with E-state index in [-0.39, 0.29) is 18.6 Å². The Hall–Kier alpha value is -2.92. The van der Waals surface area contributed by atoms with Crippen molar-refractivity contribution in [2.75, 3.05) is 25.2 Å². The summed E-state index contributed by atoms with van der Waals surface area (Å²) >= 11 is 11.1. The van der Waals surface area contributed by atoms with Crippen molar-refractivity contribution in [2.45, 2.75) is 39.7 Å². The number of carbonyl (C=O) groups excluding carboxylic acids is 1. The lowest BCUT2D eigenvalue weighted by atomic mass is 10.0. The van der Waals surface area contributed by atoms with E-state index in [1.54, 1.807) is 11.5 Å². The molecule has 1 aliphatic rings. The first-order valence-electron chi connectivity index (χ1n) is 13.0. The van der Waals surface area contributed by atoms with Crippen molar-refractivity contribution < 1.29 is 18.3 Å². The van der Waals surface area contributed by atoms with Crippen LogP contribution in [0.25, 0.3) is 0 Å². The zero-order chi connectivity index (χ0) is 28.2. The Balaban J connectivity index is 1.39. The highest BCUT2D eigenvalue weighted by Crippen LogP contribution is 2.30. The summed E-state index contributed by atoms with van der Waals surface area (Å²) in [4.78, 5) is 19.7. The molecule has 0 bridgehead atoms.